The van der Waals surface area contributed by atoms with Crippen LogP contribution in [-0.2, 0) is 13.5 Å². The second-order valence-corrected chi connectivity index (χ2v) is 6.87. The molecule has 1 amide bonds. The molecule has 1 aliphatic heterocycles. The van der Waals surface area contributed by atoms with Gasteiger partial charge >= 0.3 is 0 Å². The summed E-state index contributed by atoms with van der Waals surface area (Å²) in [7, 11) is 2.01. The van der Waals surface area contributed by atoms with Gasteiger partial charge in [0.25, 0.3) is 5.91 Å². The van der Waals surface area contributed by atoms with E-state index in [0.29, 0.717) is 18.2 Å². The van der Waals surface area contributed by atoms with Gasteiger partial charge in [0.2, 0.25) is 5.76 Å². The van der Waals surface area contributed by atoms with Crippen LogP contribution in [0.15, 0.2) is 16.8 Å². The predicted octanol–water partition coefficient (Wildman–Crippen LogP) is 2.54. The fraction of sp³-hybridized carbons (Fsp3) is 0.588. The van der Waals surface area contributed by atoms with Gasteiger partial charge in [0.05, 0.1) is 11.4 Å². The first kappa shape index (κ1) is 15.8. The highest BCUT2D eigenvalue weighted by molar-refractivity contribution is 5.91. The zero-order valence-corrected chi connectivity index (χ0v) is 14.2. The number of aromatic nitrogens is 3. The Bertz CT molecular complexity index is 701. The first-order chi connectivity index (χ1) is 10.9. The second-order valence-electron chi connectivity index (χ2n) is 6.87. The Morgan fingerprint density at radius 1 is 1.48 bits per heavy atom. The second kappa shape index (κ2) is 6.18. The maximum atomic E-state index is 12.6. The van der Waals surface area contributed by atoms with E-state index in [4.69, 9.17) is 4.52 Å². The van der Waals surface area contributed by atoms with Gasteiger partial charge in [0, 0.05) is 38.3 Å². The fourth-order valence-electron chi connectivity index (χ4n) is 3.25. The van der Waals surface area contributed by atoms with Crippen molar-refractivity contribution in [2.24, 2.45) is 13.0 Å². The molecule has 0 radical (unpaired) electrons. The summed E-state index contributed by atoms with van der Waals surface area (Å²) in [4.78, 5) is 19.0. The third kappa shape index (κ3) is 3.30. The lowest BCUT2D eigenvalue weighted by Gasteiger charge is -2.14. The standard InChI is InChI=1S/C17H24N4O2/c1-11(2)7-14-8-15(23-19-14)17(22)21-6-5-13(10-21)16-18-12(3)9-20(16)4/h8-9,11,13H,5-7,10H2,1-4H3. The molecule has 23 heavy (non-hydrogen) atoms. The molecule has 6 nitrogen and oxygen atoms in total. The van der Waals surface area contributed by atoms with E-state index in [1.54, 1.807) is 6.07 Å². The molecule has 1 saturated heterocycles. The van der Waals surface area contributed by atoms with Gasteiger partial charge in [-0.25, -0.2) is 4.98 Å². The third-order valence-corrected chi connectivity index (χ3v) is 4.26. The summed E-state index contributed by atoms with van der Waals surface area (Å²) in [5.74, 6) is 2.11. The van der Waals surface area contributed by atoms with E-state index < -0.39 is 0 Å². The molecule has 6 heteroatoms. The first-order valence-corrected chi connectivity index (χ1v) is 8.18. The minimum atomic E-state index is -0.0686. The molecule has 0 saturated carbocycles. The molecule has 1 fully saturated rings. The fourth-order valence-corrected chi connectivity index (χ4v) is 3.25. The summed E-state index contributed by atoms with van der Waals surface area (Å²) in [5.41, 5.74) is 1.86. The van der Waals surface area contributed by atoms with Crippen molar-refractivity contribution in [2.45, 2.75) is 39.5 Å². The highest BCUT2D eigenvalue weighted by Crippen LogP contribution is 2.27. The van der Waals surface area contributed by atoms with Gasteiger partial charge in [-0.1, -0.05) is 19.0 Å². The molecule has 0 aromatic carbocycles. The van der Waals surface area contributed by atoms with E-state index in [1.807, 2.05) is 25.1 Å². The number of hydrogen-bond donors (Lipinski definition) is 0. The maximum absolute atomic E-state index is 12.6. The smallest absolute Gasteiger partial charge is 0.292 e. The van der Waals surface area contributed by atoms with Crippen molar-refractivity contribution >= 4 is 5.91 Å². The molecule has 2 aromatic heterocycles. The molecule has 1 aliphatic rings. The van der Waals surface area contributed by atoms with Crippen LogP contribution in [0.3, 0.4) is 0 Å². The lowest BCUT2D eigenvalue weighted by Crippen LogP contribution is -2.28. The SMILES string of the molecule is Cc1cn(C)c(C2CCN(C(=O)c3cc(CC(C)C)no3)C2)n1. The van der Waals surface area contributed by atoms with E-state index in [2.05, 4.69) is 28.6 Å². The largest absolute Gasteiger partial charge is 0.351 e. The number of aryl methyl sites for hydroxylation is 2. The maximum Gasteiger partial charge on any atom is 0.292 e. The van der Waals surface area contributed by atoms with Crippen molar-refractivity contribution in [3.63, 3.8) is 0 Å². The van der Waals surface area contributed by atoms with E-state index in [0.717, 1.165) is 36.6 Å². The first-order valence-electron chi connectivity index (χ1n) is 8.18. The number of imidazole rings is 1. The quantitative estimate of drug-likeness (QED) is 0.869. The zero-order chi connectivity index (χ0) is 16.6. The third-order valence-electron chi connectivity index (χ3n) is 4.26. The predicted molar refractivity (Wildman–Crippen MR) is 86.3 cm³/mol. The number of carbonyl (C=O) groups excluding carboxylic acids is 1. The van der Waals surface area contributed by atoms with Gasteiger partial charge in [-0.15, -0.1) is 0 Å². The van der Waals surface area contributed by atoms with E-state index in [9.17, 15) is 4.79 Å². The van der Waals surface area contributed by atoms with Crippen LogP contribution < -0.4 is 0 Å². The van der Waals surface area contributed by atoms with Crippen LogP contribution in [0.5, 0.6) is 0 Å². The molecule has 0 bridgehead atoms. The molecule has 3 heterocycles. The molecule has 1 unspecified atom stereocenters. The summed E-state index contributed by atoms with van der Waals surface area (Å²) >= 11 is 0. The molecule has 3 rings (SSSR count). The van der Waals surface area contributed by atoms with Crippen molar-refractivity contribution in [3.8, 4) is 0 Å². The molecule has 2 aromatic rings. The summed E-state index contributed by atoms with van der Waals surface area (Å²) in [5, 5.41) is 4.00. The topological polar surface area (TPSA) is 64.2 Å². The lowest BCUT2D eigenvalue weighted by atomic mass is 10.1. The molecule has 0 N–H and O–H groups in total. The number of amides is 1. The zero-order valence-electron chi connectivity index (χ0n) is 14.2. The van der Waals surface area contributed by atoms with E-state index in [-0.39, 0.29) is 11.8 Å². The molecule has 124 valence electrons. The van der Waals surface area contributed by atoms with Gasteiger partial charge in [0.1, 0.15) is 5.82 Å². The monoisotopic (exact) mass is 316 g/mol. The van der Waals surface area contributed by atoms with Crippen molar-refractivity contribution in [1.82, 2.24) is 19.6 Å². The van der Waals surface area contributed by atoms with Crippen LogP contribution in [0.1, 0.15) is 54.0 Å². The summed E-state index contributed by atoms with van der Waals surface area (Å²) in [6.07, 6.45) is 3.78. The normalized spacial score (nSPS) is 18.1. The molecule has 0 spiro atoms. The summed E-state index contributed by atoms with van der Waals surface area (Å²) in [6, 6.07) is 1.78. The lowest BCUT2D eigenvalue weighted by molar-refractivity contribution is 0.0749. The number of rotatable bonds is 4. The number of nitrogens with zero attached hydrogens (tertiary/aromatic N) is 4. The Morgan fingerprint density at radius 2 is 2.26 bits per heavy atom. The number of carbonyl (C=O) groups is 1. The molecular weight excluding hydrogens is 292 g/mol. The van der Waals surface area contributed by atoms with Crippen LogP contribution in [0.4, 0.5) is 0 Å². The van der Waals surface area contributed by atoms with E-state index >= 15 is 0 Å². The molecule has 1 atom stereocenters. The Hall–Kier alpha value is -2.11. The molecule has 0 aliphatic carbocycles. The van der Waals surface area contributed by atoms with Gasteiger partial charge in [-0.05, 0) is 25.7 Å². The van der Waals surface area contributed by atoms with Gasteiger partial charge < -0.3 is 14.0 Å². The Kier molecular flexibility index (Phi) is 4.24. The van der Waals surface area contributed by atoms with Gasteiger partial charge in [-0.2, -0.15) is 0 Å². The summed E-state index contributed by atoms with van der Waals surface area (Å²) in [6.45, 7) is 7.65. The van der Waals surface area contributed by atoms with E-state index in [1.165, 1.54) is 0 Å². The van der Waals surface area contributed by atoms with Crippen LogP contribution in [0, 0.1) is 12.8 Å². The average molecular weight is 316 g/mol. The van der Waals surface area contributed by atoms with Crippen LogP contribution >= 0.6 is 0 Å². The van der Waals surface area contributed by atoms with Gasteiger partial charge in [0.15, 0.2) is 0 Å². The minimum Gasteiger partial charge on any atom is -0.351 e. The molecular formula is C17H24N4O2. The Balaban J connectivity index is 1.67. The highest BCUT2D eigenvalue weighted by Gasteiger charge is 2.32. The Morgan fingerprint density at radius 3 is 2.91 bits per heavy atom. The summed E-state index contributed by atoms with van der Waals surface area (Å²) < 4.78 is 7.31. The highest BCUT2D eigenvalue weighted by atomic mass is 16.5. The van der Waals surface area contributed by atoms with Crippen LogP contribution in [-0.4, -0.2) is 38.6 Å². The van der Waals surface area contributed by atoms with Crippen LogP contribution in [0.2, 0.25) is 0 Å². The average Bonchev–Trinajstić information content (AvgIpc) is 3.17. The Labute approximate surface area is 136 Å². The van der Waals surface area contributed by atoms with Gasteiger partial charge in [-0.3, -0.25) is 4.79 Å². The number of hydrogen-bond acceptors (Lipinski definition) is 4. The van der Waals surface area contributed by atoms with Crippen molar-refractivity contribution in [2.75, 3.05) is 13.1 Å². The van der Waals surface area contributed by atoms with Crippen molar-refractivity contribution in [3.05, 3.63) is 35.2 Å². The van der Waals surface area contributed by atoms with Crippen molar-refractivity contribution in [1.29, 1.82) is 0 Å². The van der Waals surface area contributed by atoms with Crippen LogP contribution in [0.25, 0.3) is 0 Å². The minimum absolute atomic E-state index is 0.0686. The number of likely N-dealkylation sites (tertiary alicyclic amines) is 1. The van der Waals surface area contributed by atoms with Crippen molar-refractivity contribution < 1.29 is 9.32 Å².